The smallest absolute Gasteiger partial charge is 0.320 e. The minimum absolute atomic E-state index is 0.299. The van der Waals surface area contributed by atoms with E-state index in [2.05, 4.69) is 53.4 Å². The average molecular weight is 345 g/mol. The van der Waals surface area contributed by atoms with Crippen LogP contribution in [0.2, 0.25) is 0 Å². The van der Waals surface area contributed by atoms with Crippen LogP contribution in [0.25, 0.3) is 0 Å². The molecule has 0 aromatic heterocycles. The zero-order chi connectivity index (χ0) is 17.5. The molecule has 2 nitrogen and oxygen atoms in total. The summed E-state index contributed by atoms with van der Waals surface area (Å²) in [6.45, 7) is -0.909. The van der Waals surface area contributed by atoms with Crippen LogP contribution in [0.5, 0.6) is 0 Å². The lowest BCUT2D eigenvalue weighted by Gasteiger charge is -2.37. The van der Waals surface area contributed by atoms with E-state index in [1.807, 2.05) is 12.1 Å². The summed E-state index contributed by atoms with van der Waals surface area (Å²) in [5.74, 6) is 0. The molecule has 1 fully saturated rings. The standard InChI is InChI=1S/C21H25F2NO/c22-21(23)25-20-13-11-19(12-14-20)24(15-17-7-3-1-4-8-17)16-18-9-5-2-6-10-18/h1-10,19-21H,11-16H2. The van der Waals surface area contributed by atoms with E-state index in [1.54, 1.807) is 0 Å². The zero-order valence-electron chi connectivity index (χ0n) is 14.4. The van der Waals surface area contributed by atoms with Crippen molar-refractivity contribution in [2.24, 2.45) is 0 Å². The molecule has 0 unspecified atom stereocenters. The summed E-state index contributed by atoms with van der Waals surface area (Å²) >= 11 is 0. The first-order valence-electron chi connectivity index (χ1n) is 8.96. The third-order valence-electron chi connectivity index (χ3n) is 4.91. The molecule has 0 saturated heterocycles. The molecule has 0 aliphatic heterocycles. The highest BCUT2D eigenvalue weighted by atomic mass is 19.3. The molecule has 1 aliphatic rings. The molecule has 1 aliphatic carbocycles. The molecule has 2 aromatic rings. The van der Waals surface area contributed by atoms with Gasteiger partial charge in [-0.05, 0) is 36.8 Å². The fourth-order valence-corrected chi connectivity index (χ4v) is 3.64. The predicted octanol–water partition coefficient (Wildman–Crippen LogP) is 5.24. The van der Waals surface area contributed by atoms with Crippen molar-refractivity contribution in [1.29, 1.82) is 0 Å². The van der Waals surface area contributed by atoms with Crippen molar-refractivity contribution in [3.05, 3.63) is 71.8 Å². The first-order chi connectivity index (χ1) is 12.2. The molecule has 0 N–H and O–H groups in total. The molecular formula is C21H25F2NO. The van der Waals surface area contributed by atoms with Crippen LogP contribution < -0.4 is 0 Å². The Morgan fingerprint density at radius 3 is 1.72 bits per heavy atom. The molecule has 2 aromatic carbocycles. The summed E-state index contributed by atoms with van der Waals surface area (Å²) in [5.41, 5.74) is 2.56. The summed E-state index contributed by atoms with van der Waals surface area (Å²) in [4.78, 5) is 2.48. The van der Waals surface area contributed by atoms with Gasteiger partial charge >= 0.3 is 6.61 Å². The highest BCUT2D eigenvalue weighted by molar-refractivity contribution is 5.17. The van der Waals surface area contributed by atoms with E-state index in [9.17, 15) is 8.78 Å². The van der Waals surface area contributed by atoms with Gasteiger partial charge in [0.25, 0.3) is 0 Å². The molecular weight excluding hydrogens is 320 g/mol. The Morgan fingerprint density at radius 2 is 1.28 bits per heavy atom. The second-order valence-electron chi connectivity index (χ2n) is 6.70. The summed E-state index contributed by atoms with van der Waals surface area (Å²) in [5, 5.41) is 0. The molecule has 0 heterocycles. The van der Waals surface area contributed by atoms with Crippen LogP contribution in [0, 0.1) is 0 Å². The number of hydrogen-bond acceptors (Lipinski definition) is 2. The van der Waals surface area contributed by atoms with Crippen molar-refractivity contribution in [2.45, 2.75) is 57.5 Å². The second-order valence-corrected chi connectivity index (χ2v) is 6.70. The molecule has 0 atom stereocenters. The van der Waals surface area contributed by atoms with E-state index >= 15 is 0 Å². The fraction of sp³-hybridized carbons (Fsp3) is 0.429. The van der Waals surface area contributed by atoms with Crippen LogP contribution in [-0.4, -0.2) is 23.7 Å². The number of ether oxygens (including phenoxy) is 1. The number of halogens is 2. The summed E-state index contributed by atoms with van der Waals surface area (Å²) in [6.07, 6.45) is 2.91. The van der Waals surface area contributed by atoms with Crippen LogP contribution in [0.4, 0.5) is 8.78 Å². The molecule has 0 spiro atoms. The van der Waals surface area contributed by atoms with Gasteiger partial charge in [-0.2, -0.15) is 8.78 Å². The van der Waals surface area contributed by atoms with Crippen molar-refractivity contribution in [3.8, 4) is 0 Å². The maximum Gasteiger partial charge on any atom is 0.345 e. The number of nitrogens with zero attached hydrogens (tertiary/aromatic N) is 1. The summed E-state index contributed by atoms with van der Waals surface area (Å²) in [7, 11) is 0. The van der Waals surface area contributed by atoms with Crippen LogP contribution in [-0.2, 0) is 17.8 Å². The van der Waals surface area contributed by atoms with E-state index in [0.717, 1.165) is 25.9 Å². The van der Waals surface area contributed by atoms with Gasteiger partial charge in [0.1, 0.15) is 0 Å². The maximum absolute atomic E-state index is 12.4. The molecule has 1 saturated carbocycles. The summed E-state index contributed by atoms with van der Waals surface area (Å²) < 4.78 is 29.5. The van der Waals surface area contributed by atoms with Gasteiger partial charge < -0.3 is 4.74 Å². The minimum Gasteiger partial charge on any atom is -0.320 e. The Morgan fingerprint density at radius 1 is 0.800 bits per heavy atom. The van der Waals surface area contributed by atoms with Crippen LogP contribution in [0.3, 0.4) is 0 Å². The van der Waals surface area contributed by atoms with E-state index in [1.165, 1.54) is 11.1 Å². The van der Waals surface area contributed by atoms with Gasteiger partial charge in [0.05, 0.1) is 6.10 Å². The first-order valence-corrected chi connectivity index (χ1v) is 8.96. The minimum atomic E-state index is -2.66. The number of benzene rings is 2. The Bertz CT molecular complexity index is 571. The third-order valence-corrected chi connectivity index (χ3v) is 4.91. The van der Waals surface area contributed by atoms with Crippen molar-refractivity contribution in [1.82, 2.24) is 4.90 Å². The van der Waals surface area contributed by atoms with Crippen molar-refractivity contribution in [3.63, 3.8) is 0 Å². The lowest BCUT2D eigenvalue weighted by molar-refractivity contribution is -0.172. The van der Waals surface area contributed by atoms with Gasteiger partial charge in [-0.1, -0.05) is 60.7 Å². The van der Waals surface area contributed by atoms with Crippen LogP contribution >= 0.6 is 0 Å². The highest BCUT2D eigenvalue weighted by Crippen LogP contribution is 2.28. The number of alkyl halides is 2. The van der Waals surface area contributed by atoms with Crippen molar-refractivity contribution in [2.75, 3.05) is 0 Å². The Balaban J connectivity index is 1.66. The monoisotopic (exact) mass is 345 g/mol. The van der Waals surface area contributed by atoms with E-state index in [0.29, 0.717) is 18.9 Å². The highest BCUT2D eigenvalue weighted by Gasteiger charge is 2.28. The molecule has 3 rings (SSSR count). The molecule has 0 radical (unpaired) electrons. The predicted molar refractivity (Wildman–Crippen MR) is 95.3 cm³/mol. The van der Waals surface area contributed by atoms with Crippen molar-refractivity contribution >= 4 is 0 Å². The third kappa shape index (κ3) is 5.62. The molecule has 0 amide bonds. The molecule has 4 heteroatoms. The maximum atomic E-state index is 12.4. The van der Waals surface area contributed by atoms with E-state index in [4.69, 9.17) is 4.74 Å². The van der Waals surface area contributed by atoms with Gasteiger partial charge in [-0.15, -0.1) is 0 Å². The quantitative estimate of drug-likeness (QED) is 0.680. The normalized spacial score (nSPS) is 21.0. The SMILES string of the molecule is FC(F)OC1CCC(N(Cc2ccccc2)Cc2ccccc2)CC1. The fourth-order valence-electron chi connectivity index (χ4n) is 3.64. The second kappa shape index (κ2) is 9.07. The Labute approximate surface area is 148 Å². The topological polar surface area (TPSA) is 12.5 Å². The lowest BCUT2D eigenvalue weighted by Crippen LogP contribution is -2.39. The van der Waals surface area contributed by atoms with Gasteiger partial charge in [0.15, 0.2) is 0 Å². The lowest BCUT2D eigenvalue weighted by atomic mass is 9.91. The van der Waals surface area contributed by atoms with E-state index < -0.39 is 6.61 Å². The Hall–Kier alpha value is -1.78. The molecule has 134 valence electrons. The van der Waals surface area contributed by atoms with Gasteiger partial charge in [-0.25, -0.2) is 0 Å². The van der Waals surface area contributed by atoms with E-state index in [-0.39, 0.29) is 6.10 Å². The number of hydrogen-bond donors (Lipinski definition) is 0. The van der Waals surface area contributed by atoms with Crippen LogP contribution in [0.15, 0.2) is 60.7 Å². The number of rotatable bonds is 7. The van der Waals surface area contributed by atoms with Crippen molar-refractivity contribution < 1.29 is 13.5 Å². The van der Waals surface area contributed by atoms with Gasteiger partial charge in [0, 0.05) is 19.1 Å². The van der Waals surface area contributed by atoms with Gasteiger partial charge in [0.2, 0.25) is 0 Å². The Kier molecular flexibility index (Phi) is 6.54. The van der Waals surface area contributed by atoms with Crippen LogP contribution in [0.1, 0.15) is 36.8 Å². The zero-order valence-corrected chi connectivity index (χ0v) is 14.4. The average Bonchev–Trinajstić information content (AvgIpc) is 2.63. The molecule has 0 bridgehead atoms. The first kappa shape index (κ1) is 18.0. The largest absolute Gasteiger partial charge is 0.345 e. The summed E-state index contributed by atoms with van der Waals surface area (Å²) in [6, 6.07) is 21.3. The van der Waals surface area contributed by atoms with Gasteiger partial charge in [-0.3, -0.25) is 4.90 Å². The molecule has 25 heavy (non-hydrogen) atoms.